The van der Waals surface area contributed by atoms with Crippen LogP contribution in [0.3, 0.4) is 0 Å². The lowest BCUT2D eigenvalue weighted by atomic mass is 9.79. The van der Waals surface area contributed by atoms with Crippen molar-refractivity contribution < 1.29 is 28.5 Å². The van der Waals surface area contributed by atoms with E-state index in [1.54, 1.807) is 30.3 Å². The molecule has 8 heteroatoms. The number of carboxylic acids is 1. The van der Waals surface area contributed by atoms with Gasteiger partial charge in [-0.3, -0.25) is 14.7 Å². The number of aliphatic hydroxyl groups is 1. The van der Waals surface area contributed by atoms with Crippen molar-refractivity contribution in [3.8, 4) is 17.6 Å². The number of aliphatic hydroxyl groups excluding tert-OH is 1. The summed E-state index contributed by atoms with van der Waals surface area (Å²) in [5.74, 6) is 4.72. The van der Waals surface area contributed by atoms with Gasteiger partial charge in [0.2, 0.25) is 0 Å². The molecule has 3 aromatic rings. The van der Waals surface area contributed by atoms with Crippen LogP contribution in [0.1, 0.15) is 42.9 Å². The quantitative estimate of drug-likeness (QED) is 0.426. The number of likely N-dealkylation sites (tertiary alicyclic amines) is 1. The summed E-state index contributed by atoms with van der Waals surface area (Å²) in [5, 5.41) is 21.0. The Labute approximate surface area is 214 Å². The molecule has 194 valence electrons. The van der Waals surface area contributed by atoms with Crippen LogP contribution >= 0.6 is 0 Å². The molecule has 0 radical (unpaired) electrons. The average molecular weight is 509 g/mol. The highest BCUT2D eigenvalue weighted by Gasteiger charge is 2.31. The summed E-state index contributed by atoms with van der Waals surface area (Å²) < 4.78 is 33.4. The van der Waals surface area contributed by atoms with Gasteiger partial charge in [0.1, 0.15) is 17.4 Å². The molecule has 4 rings (SSSR count). The Morgan fingerprint density at radius 1 is 1.24 bits per heavy atom. The summed E-state index contributed by atoms with van der Waals surface area (Å²) in [6.45, 7) is 1.76. The summed E-state index contributed by atoms with van der Waals surface area (Å²) in [6.07, 6.45) is 1.68. The number of aliphatic carboxylic acids is 1. The molecule has 2 heterocycles. The van der Waals surface area contributed by atoms with E-state index in [-0.39, 0.29) is 29.6 Å². The van der Waals surface area contributed by atoms with Crippen molar-refractivity contribution in [3.63, 3.8) is 0 Å². The fourth-order valence-electron chi connectivity index (χ4n) is 5.10. The molecule has 0 bridgehead atoms. The third kappa shape index (κ3) is 6.82. The zero-order chi connectivity index (χ0) is 26.4. The van der Waals surface area contributed by atoms with Gasteiger partial charge in [-0.15, -0.1) is 0 Å². The molecule has 3 atom stereocenters. The number of aromatic nitrogens is 1. The number of fused-ring (bicyclic) bond motifs is 1. The first kappa shape index (κ1) is 26.5. The summed E-state index contributed by atoms with van der Waals surface area (Å²) >= 11 is 0. The monoisotopic (exact) mass is 508 g/mol. The molecule has 0 saturated carbocycles. The standard InChI is InChI=1S/C29H30F2N2O4/c1-37-23-8-9-26-24(16-23)29(25(31)17-32-26)27(34)10-7-20-11-13-33(18-21(20)15-28(35)36)12-3-5-19-4-2-6-22(30)14-19/h2,4,6,8-9,14,16-17,20-21,27,34H,7,10-13,15,18H2,1H3,(H,35,36). The number of rotatable bonds is 8. The van der Waals surface area contributed by atoms with E-state index in [0.717, 1.165) is 19.2 Å². The highest BCUT2D eigenvalue weighted by Crippen LogP contribution is 2.35. The number of nitrogens with zero attached hydrogens (tertiary/aromatic N) is 2. The van der Waals surface area contributed by atoms with Crippen LogP contribution in [0.5, 0.6) is 5.75 Å². The Hall–Kier alpha value is -3.54. The molecule has 2 aromatic carbocycles. The first-order valence-electron chi connectivity index (χ1n) is 12.3. The lowest BCUT2D eigenvalue weighted by Gasteiger charge is -2.37. The van der Waals surface area contributed by atoms with Gasteiger partial charge >= 0.3 is 5.97 Å². The van der Waals surface area contributed by atoms with E-state index >= 15 is 0 Å². The van der Waals surface area contributed by atoms with Crippen LogP contribution in [0.4, 0.5) is 8.78 Å². The highest BCUT2D eigenvalue weighted by molar-refractivity contribution is 5.84. The van der Waals surface area contributed by atoms with Crippen LogP contribution in [0.15, 0.2) is 48.7 Å². The lowest BCUT2D eigenvalue weighted by molar-refractivity contribution is -0.139. The number of halogens is 2. The van der Waals surface area contributed by atoms with Crippen molar-refractivity contribution in [2.45, 2.75) is 31.8 Å². The zero-order valence-electron chi connectivity index (χ0n) is 20.7. The number of ether oxygens (including phenoxy) is 1. The molecule has 0 aliphatic carbocycles. The molecule has 1 fully saturated rings. The maximum Gasteiger partial charge on any atom is 0.303 e. The smallest absolute Gasteiger partial charge is 0.303 e. The largest absolute Gasteiger partial charge is 0.497 e. The summed E-state index contributed by atoms with van der Waals surface area (Å²) in [7, 11) is 1.52. The van der Waals surface area contributed by atoms with Gasteiger partial charge in [-0.05, 0) is 74.0 Å². The van der Waals surface area contributed by atoms with Crippen molar-refractivity contribution in [1.29, 1.82) is 0 Å². The first-order valence-corrected chi connectivity index (χ1v) is 12.3. The molecule has 37 heavy (non-hydrogen) atoms. The number of benzene rings is 2. The molecule has 2 N–H and O–H groups in total. The molecule has 0 amide bonds. The van der Waals surface area contributed by atoms with E-state index in [9.17, 15) is 23.8 Å². The van der Waals surface area contributed by atoms with E-state index in [0.29, 0.717) is 48.1 Å². The van der Waals surface area contributed by atoms with Crippen molar-refractivity contribution in [1.82, 2.24) is 9.88 Å². The van der Waals surface area contributed by atoms with Crippen LogP contribution in [-0.2, 0) is 4.79 Å². The van der Waals surface area contributed by atoms with Gasteiger partial charge in [-0.25, -0.2) is 8.78 Å². The number of hydrogen-bond donors (Lipinski definition) is 2. The fourth-order valence-corrected chi connectivity index (χ4v) is 5.10. The zero-order valence-corrected chi connectivity index (χ0v) is 20.7. The highest BCUT2D eigenvalue weighted by atomic mass is 19.1. The van der Waals surface area contributed by atoms with Crippen molar-refractivity contribution in [2.75, 3.05) is 26.7 Å². The molecule has 1 saturated heterocycles. The molecule has 0 spiro atoms. The Morgan fingerprint density at radius 2 is 2.08 bits per heavy atom. The van der Waals surface area contributed by atoms with Crippen LogP contribution in [-0.4, -0.2) is 52.8 Å². The SMILES string of the molecule is COc1ccc2ncc(F)c(C(O)CCC3CCN(CC#Cc4cccc(F)c4)CC3CC(=O)O)c2c1. The van der Waals surface area contributed by atoms with Crippen LogP contribution in [0.25, 0.3) is 10.9 Å². The number of piperidine rings is 1. The normalized spacial score (nSPS) is 18.7. The average Bonchev–Trinajstić information content (AvgIpc) is 2.87. The summed E-state index contributed by atoms with van der Waals surface area (Å²) in [5.41, 5.74) is 1.34. The summed E-state index contributed by atoms with van der Waals surface area (Å²) in [4.78, 5) is 17.8. The predicted molar refractivity (Wildman–Crippen MR) is 136 cm³/mol. The van der Waals surface area contributed by atoms with E-state index in [2.05, 4.69) is 21.7 Å². The second-order valence-corrected chi connectivity index (χ2v) is 9.45. The van der Waals surface area contributed by atoms with Gasteiger partial charge in [0.25, 0.3) is 0 Å². The Morgan fingerprint density at radius 3 is 2.84 bits per heavy atom. The number of carbonyl (C=O) groups is 1. The number of carboxylic acid groups (broad SMARTS) is 1. The van der Waals surface area contributed by atoms with Crippen LogP contribution in [0, 0.1) is 35.3 Å². The Bertz CT molecular complexity index is 1320. The molecule has 1 aromatic heterocycles. The van der Waals surface area contributed by atoms with Crippen LogP contribution < -0.4 is 4.74 Å². The van der Waals surface area contributed by atoms with Gasteiger partial charge in [0.15, 0.2) is 0 Å². The van der Waals surface area contributed by atoms with Crippen molar-refractivity contribution >= 4 is 16.9 Å². The minimum absolute atomic E-state index is 0.0122. The Kier molecular flexibility index (Phi) is 8.70. The van der Waals surface area contributed by atoms with E-state index in [4.69, 9.17) is 4.74 Å². The molecule has 1 aliphatic heterocycles. The van der Waals surface area contributed by atoms with Gasteiger partial charge in [-0.2, -0.15) is 0 Å². The molecule has 1 aliphatic rings. The molecular weight excluding hydrogens is 478 g/mol. The first-order chi connectivity index (χ1) is 17.8. The second kappa shape index (κ2) is 12.1. The van der Waals surface area contributed by atoms with Gasteiger partial charge in [0.05, 0.1) is 31.5 Å². The van der Waals surface area contributed by atoms with Gasteiger partial charge in [0, 0.05) is 29.5 Å². The number of pyridine rings is 1. The third-order valence-electron chi connectivity index (χ3n) is 6.98. The molecule has 6 nitrogen and oxygen atoms in total. The van der Waals surface area contributed by atoms with Gasteiger partial charge < -0.3 is 14.9 Å². The number of methoxy groups -OCH3 is 1. The second-order valence-electron chi connectivity index (χ2n) is 9.45. The van der Waals surface area contributed by atoms with E-state index in [1.807, 2.05) is 0 Å². The Balaban J connectivity index is 1.42. The minimum atomic E-state index is -1.06. The third-order valence-corrected chi connectivity index (χ3v) is 6.98. The van der Waals surface area contributed by atoms with E-state index in [1.165, 1.54) is 19.2 Å². The van der Waals surface area contributed by atoms with Crippen molar-refractivity contribution in [2.24, 2.45) is 11.8 Å². The van der Waals surface area contributed by atoms with Crippen LogP contribution in [0.2, 0.25) is 0 Å². The minimum Gasteiger partial charge on any atom is -0.497 e. The molecule has 3 unspecified atom stereocenters. The molecular formula is C29H30F2N2O4. The number of hydrogen-bond acceptors (Lipinski definition) is 5. The maximum absolute atomic E-state index is 14.8. The van der Waals surface area contributed by atoms with Gasteiger partial charge in [-0.1, -0.05) is 17.9 Å². The topological polar surface area (TPSA) is 82.9 Å². The van der Waals surface area contributed by atoms with Crippen molar-refractivity contribution in [3.05, 3.63) is 71.4 Å². The maximum atomic E-state index is 14.8. The van der Waals surface area contributed by atoms with E-state index < -0.39 is 17.9 Å². The fraction of sp³-hybridized carbons (Fsp3) is 0.379. The predicted octanol–water partition coefficient (Wildman–Crippen LogP) is 4.80. The lowest BCUT2D eigenvalue weighted by Crippen LogP contribution is -2.41. The summed E-state index contributed by atoms with van der Waals surface area (Å²) in [6, 6.07) is 11.2.